The molecule has 1 saturated heterocycles. The minimum atomic E-state index is -0.433. The van der Waals surface area contributed by atoms with Crippen LogP contribution in [-0.4, -0.2) is 50.2 Å². The van der Waals surface area contributed by atoms with Crippen molar-refractivity contribution in [2.45, 2.75) is 38.6 Å². The summed E-state index contributed by atoms with van der Waals surface area (Å²) in [6, 6.07) is 15.1. The summed E-state index contributed by atoms with van der Waals surface area (Å²) in [6.07, 6.45) is 0.860. The smallest absolute Gasteiger partial charge is 0.290 e. The van der Waals surface area contributed by atoms with Crippen LogP contribution >= 0.6 is 0 Å². The summed E-state index contributed by atoms with van der Waals surface area (Å²) in [6.45, 7) is 11.7. The number of hydrogen-bond donors (Lipinski definition) is 1. The Morgan fingerprint density at radius 3 is 2.41 bits per heavy atom. The van der Waals surface area contributed by atoms with Crippen molar-refractivity contribution in [2.75, 3.05) is 39.4 Å². The standard InChI is InChI=1S/C28H32N2O4/c1-28(2,3)20-11-9-19(10-12-20)24-23-25(31)21-7-4-5-8-22(21)34-26(23)27(32)30(24)14-6-13-29-15-17-33-18-16-29/h4-5,7-12,24H,6,13-18H2,1-3H3/p+1/t24-/m0/s1. The van der Waals surface area contributed by atoms with Gasteiger partial charge in [-0.05, 0) is 28.7 Å². The zero-order valence-corrected chi connectivity index (χ0v) is 20.2. The Hall–Kier alpha value is -2.96. The first kappa shape index (κ1) is 22.8. The van der Waals surface area contributed by atoms with Crippen LogP contribution in [0.5, 0.6) is 0 Å². The Morgan fingerprint density at radius 2 is 1.71 bits per heavy atom. The molecule has 1 amide bonds. The molecule has 6 heteroatoms. The van der Waals surface area contributed by atoms with E-state index in [2.05, 4.69) is 45.0 Å². The van der Waals surface area contributed by atoms with E-state index >= 15 is 0 Å². The van der Waals surface area contributed by atoms with Crippen molar-refractivity contribution in [1.29, 1.82) is 0 Å². The first-order chi connectivity index (χ1) is 16.3. The Kier molecular flexibility index (Phi) is 6.04. The number of quaternary nitrogens is 1. The second-order valence-electron chi connectivity index (χ2n) is 10.4. The molecule has 2 aliphatic heterocycles. The summed E-state index contributed by atoms with van der Waals surface area (Å²) < 4.78 is 11.5. The molecule has 1 aromatic heterocycles. The lowest BCUT2D eigenvalue weighted by atomic mass is 9.86. The summed E-state index contributed by atoms with van der Waals surface area (Å²) in [5.74, 6) is -0.00736. The van der Waals surface area contributed by atoms with Crippen molar-refractivity contribution in [3.63, 3.8) is 0 Å². The molecule has 2 aliphatic rings. The molecule has 178 valence electrons. The summed E-state index contributed by atoms with van der Waals surface area (Å²) in [5, 5.41) is 0.518. The van der Waals surface area contributed by atoms with Gasteiger partial charge in [0.2, 0.25) is 5.76 Å². The fraction of sp³-hybridized carbons (Fsp3) is 0.429. The quantitative estimate of drug-likeness (QED) is 0.635. The van der Waals surface area contributed by atoms with Gasteiger partial charge in [0.05, 0.1) is 36.8 Å². The monoisotopic (exact) mass is 461 g/mol. The van der Waals surface area contributed by atoms with Crippen molar-refractivity contribution in [1.82, 2.24) is 4.90 Å². The number of morpholine rings is 1. The largest absolute Gasteiger partial charge is 0.450 e. The number of carbonyl (C=O) groups is 1. The highest BCUT2D eigenvalue weighted by atomic mass is 16.5. The minimum Gasteiger partial charge on any atom is -0.450 e. The topological polar surface area (TPSA) is 64.2 Å². The van der Waals surface area contributed by atoms with Gasteiger partial charge in [0.25, 0.3) is 5.91 Å². The Bertz CT molecular complexity index is 1250. The molecule has 34 heavy (non-hydrogen) atoms. The molecule has 0 saturated carbocycles. The number of rotatable bonds is 5. The minimum absolute atomic E-state index is 0.0256. The van der Waals surface area contributed by atoms with E-state index < -0.39 is 6.04 Å². The third kappa shape index (κ3) is 4.17. The average molecular weight is 462 g/mol. The summed E-state index contributed by atoms with van der Waals surface area (Å²) in [7, 11) is 0. The van der Waals surface area contributed by atoms with Crippen molar-refractivity contribution in [3.8, 4) is 0 Å². The number of amides is 1. The Balaban J connectivity index is 1.52. The molecule has 6 nitrogen and oxygen atoms in total. The normalized spacial score (nSPS) is 19.1. The van der Waals surface area contributed by atoms with Crippen LogP contribution < -0.4 is 10.3 Å². The maximum atomic E-state index is 13.6. The molecule has 0 aliphatic carbocycles. The van der Waals surface area contributed by atoms with Gasteiger partial charge in [0.1, 0.15) is 18.7 Å². The van der Waals surface area contributed by atoms with Gasteiger partial charge in [-0.3, -0.25) is 9.59 Å². The molecule has 5 rings (SSSR count). The predicted molar refractivity (Wildman–Crippen MR) is 132 cm³/mol. The molecule has 3 heterocycles. The summed E-state index contributed by atoms with van der Waals surface area (Å²) >= 11 is 0. The highest BCUT2D eigenvalue weighted by Crippen LogP contribution is 2.38. The van der Waals surface area contributed by atoms with E-state index in [1.807, 2.05) is 17.0 Å². The van der Waals surface area contributed by atoms with Crippen LogP contribution in [0.4, 0.5) is 0 Å². The van der Waals surface area contributed by atoms with E-state index in [0.29, 0.717) is 23.1 Å². The van der Waals surface area contributed by atoms with Gasteiger partial charge >= 0.3 is 0 Å². The second-order valence-corrected chi connectivity index (χ2v) is 10.4. The van der Waals surface area contributed by atoms with Gasteiger partial charge in [-0.2, -0.15) is 0 Å². The molecule has 1 N–H and O–H groups in total. The molecular formula is C28H33N2O4+. The Morgan fingerprint density at radius 1 is 1.00 bits per heavy atom. The maximum absolute atomic E-state index is 13.6. The lowest BCUT2D eigenvalue weighted by Crippen LogP contribution is -3.14. The molecule has 0 unspecified atom stereocenters. The number of carbonyl (C=O) groups excluding carboxylic acids is 1. The van der Waals surface area contributed by atoms with Gasteiger partial charge < -0.3 is 19.0 Å². The van der Waals surface area contributed by atoms with Crippen LogP contribution in [0.3, 0.4) is 0 Å². The Labute approximate surface area is 200 Å². The van der Waals surface area contributed by atoms with Gasteiger partial charge in [-0.25, -0.2) is 0 Å². The van der Waals surface area contributed by atoms with Crippen molar-refractivity contribution >= 4 is 16.9 Å². The average Bonchev–Trinajstić information content (AvgIpc) is 3.11. The van der Waals surface area contributed by atoms with Crippen molar-refractivity contribution < 1.29 is 18.8 Å². The predicted octanol–water partition coefficient (Wildman–Crippen LogP) is 2.94. The SMILES string of the molecule is CC(C)(C)c1ccc([C@H]2c3c(oc4ccccc4c3=O)C(=O)N2CCC[NH+]2CCOCC2)cc1. The number of nitrogens with zero attached hydrogens (tertiary/aromatic N) is 1. The molecule has 1 fully saturated rings. The zero-order valence-electron chi connectivity index (χ0n) is 20.2. The molecule has 0 bridgehead atoms. The number of fused-ring (bicyclic) bond motifs is 2. The van der Waals surface area contributed by atoms with Crippen molar-refractivity contribution in [2.24, 2.45) is 0 Å². The van der Waals surface area contributed by atoms with Crippen LogP contribution in [0.1, 0.15) is 60.5 Å². The number of ether oxygens (including phenoxy) is 1. The fourth-order valence-electron chi connectivity index (χ4n) is 5.12. The van der Waals surface area contributed by atoms with E-state index in [9.17, 15) is 9.59 Å². The summed E-state index contributed by atoms with van der Waals surface area (Å²) in [5.41, 5.74) is 3.00. The van der Waals surface area contributed by atoms with Crippen LogP contribution in [0, 0.1) is 0 Å². The summed E-state index contributed by atoms with van der Waals surface area (Å²) in [4.78, 5) is 30.5. The van der Waals surface area contributed by atoms with Gasteiger partial charge in [-0.15, -0.1) is 0 Å². The molecule has 0 radical (unpaired) electrons. The third-order valence-electron chi connectivity index (χ3n) is 7.09. The van der Waals surface area contributed by atoms with Crippen molar-refractivity contribution in [3.05, 3.63) is 81.2 Å². The van der Waals surface area contributed by atoms with E-state index in [1.165, 1.54) is 10.5 Å². The van der Waals surface area contributed by atoms with Gasteiger partial charge in [-0.1, -0.05) is 57.2 Å². The lowest BCUT2D eigenvalue weighted by Gasteiger charge is -2.28. The number of para-hydroxylation sites is 1. The number of nitrogens with one attached hydrogen (secondary N) is 1. The van der Waals surface area contributed by atoms with Crippen LogP contribution in [0.25, 0.3) is 11.0 Å². The fourth-order valence-corrected chi connectivity index (χ4v) is 5.12. The molecule has 3 aromatic rings. The highest BCUT2D eigenvalue weighted by Gasteiger charge is 2.42. The van der Waals surface area contributed by atoms with Crippen LogP contribution in [0.2, 0.25) is 0 Å². The molecule has 1 atom stereocenters. The van der Waals surface area contributed by atoms with E-state index in [-0.39, 0.29) is 22.5 Å². The molecule has 2 aromatic carbocycles. The number of hydrogen-bond acceptors (Lipinski definition) is 4. The molecule has 0 spiro atoms. The van der Waals surface area contributed by atoms with Crippen LogP contribution in [-0.2, 0) is 10.2 Å². The van der Waals surface area contributed by atoms with Gasteiger partial charge in [0.15, 0.2) is 5.43 Å². The highest BCUT2D eigenvalue weighted by molar-refractivity contribution is 5.99. The van der Waals surface area contributed by atoms with E-state index in [0.717, 1.165) is 44.8 Å². The first-order valence-corrected chi connectivity index (χ1v) is 12.2. The molecular weight excluding hydrogens is 428 g/mol. The maximum Gasteiger partial charge on any atom is 0.290 e. The lowest BCUT2D eigenvalue weighted by molar-refractivity contribution is -0.908. The first-order valence-electron chi connectivity index (χ1n) is 12.2. The second kappa shape index (κ2) is 9.01. The number of benzene rings is 2. The van der Waals surface area contributed by atoms with E-state index in [1.54, 1.807) is 12.1 Å². The van der Waals surface area contributed by atoms with Crippen LogP contribution in [0.15, 0.2) is 57.7 Å². The third-order valence-corrected chi connectivity index (χ3v) is 7.09. The zero-order chi connectivity index (χ0) is 23.9. The van der Waals surface area contributed by atoms with E-state index in [4.69, 9.17) is 9.15 Å². The van der Waals surface area contributed by atoms with Gasteiger partial charge in [0, 0.05) is 13.0 Å².